The second kappa shape index (κ2) is 8.75. The molecule has 1 saturated heterocycles. The molecule has 32 heavy (non-hydrogen) atoms. The molecular formula is C22H21N7O2S. The molecule has 0 radical (unpaired) electrons. The number of anilines is 3. The third kappa shape index (κ3) is 4.30. The zero-order valence-corrected chi connectivity index (χ0v) is 18.2. The minimum atomic E-state index is -0.118. The van der Waals surface area contributed by atoms with Gasteiger partial charge in [-0.25, -0.2) is 4.98 Å². The van der Waals surface area contributed by atoms with Crippen molar-refractivity contribution in [3.63, 3.8) is 0 Å². The molecule has 0 atom stereocenters. The lowest BCUT2D eigenvalue weighted by Crippen LogP contribution is -2.49. The van der Waals surface area contributed by atoms with Crippen LogP contribution in [0.1, 0.15) is 16.1 Å². The fourth-order valence-corrected chi connectivity index (χ4v) is 4.18. The van der Waals surface area contributed by atoms with Gasteiger partial charge in [-0.05, 0) is 48.2 Å². The minimum Gasteiger partial charge on any atom is -0.355 e. The van der Waals surface area contributed by atoms with E-state index in [9.17, 15) is 4.79 Å². The topological polar surface area (TPSA) is 100 Å². The lowest BCUT2D eigenvalue weighted by molar-refractivity contribution is 0.0736. The molecule has 1 aliphatic heterocycles. The highest BCUT2D eigenvalue weighted by molar-refractivity contribution is 7.13. The van der Waals surface area contributed by atoms with Crippen LogP contribution >= 0.6 is 11.3 Å². The number of thiophene rings is 1. The Balaban J connectivity index is 1.18. The lowest BCUT2D eigenvalue weighted by Gasteiger charge is -2.34. The highest BCUT2D eigenvalue weighted by Crippen LogP contribution is 2.26. The molecule has 9 nitrogen and oxygen atoms in total. The SMILES string of the molecule is Cc1ccnc(Nc2ccc(N3CCN(C(=O)c4cc(-c5cccs5)on4)CC3)nn2)c1. The molecule has 0 saturated carbocycles. The summed E-state index contributed by atoms with van der Waals surface area (Å²) in [6.45, 7) is 4.51. The first-order valence-electron chi connectivity index (χ1n) is 10.2. The van der Waals surface area contributed by atoms with Crippen LogP contribution in [0.25, 0.3) is 10.6 Å². The largest absolute Gasteiger partial charge is 0.355 e. The molecule has 0 spiro atoms. The van der Waals surface area contributed by atoms with Crippen LogP contribution < -0.4 is 10.2 Å². The van der Waals surface area contributed by atoms with Gasteiger partial charge in [0.2, 0.25) is 0 Å². The summed E-state index contributed by atoms with van der Waals surface area (Å²) in [4.78, 5) is 22.0. The maximum atomic E-state index is 12.8. The molecule has 5 heterocycles. The van der Waals surface area contributed by atoms with Gasteiger partial charge in [0.15, 0.2) is 23.1 Å². The fourth-order valence-electron chi connectivity index (χ4n) is 3.51. The van der Waals surface area contributed by atoms with Crippen LogP contribution in [0.3, 0.4) is 0 Å². The molecule has 1 fully saturated rings. The monoisotopic (exact) mass is 447 g/mol. The quantitative estimate of drug-likeness (QED) is 0.495. The Hall–Kier alpha value is -3.79. The van der Waals surface area contributed by atoms with Crippen LogP contribution in [0.15, 0.2) is 58.6 Å². The van der Waals surface area contributed by atoms with Gasteiger partial charge in [0.1, 0.15) is 5.82 Å². The summed E-state index contributed by atoms with van der Waals surface area (Å²) in [5, 5.41) is 17.7. The highest BCUT2D eigenvalue weighted by atomic mass is 32.1. The van der Waals surface area contributed by atoms with Crippen molar-refractivity contribution in [1.82, 2.24) is 25.2 Å². The minimum absolute atomic E-state index is 0.118. The van der Waals surface area contributed by atoms with E-state index in [0.29, 0.717) is 43.5 Å². The second-order valence-corrected chi connectivity index (χ2v) is 8.40. The van der Waals surface area contributed by atoms with E-state index in [0.717, 1.165) is 22.1 Å². The Morgan fingerprint density at radius 3 is 2.66 bits per heavy atom. The van der Waals surface area contributed by atoms with Crippen molar-refractivity contribution in [3.8, 4) is 10.6 Å². The molecular weight excluding hydrogens is 426 g/mol. The van der Waals surface area contributed by atoms with E-state index in [2.05, 4.69) is 30.6 Å². The Labute approximate surface area is 188 Å². The summed E-state index contributed by atoms with van der Waals surface area (Å²) >= 11 is 1.55. The molecule has 0 unspecified atom stereocenters. The van der Waals surface area contributed by atoms with Crippen molar-refractivity contribution in [2.24, 2.45) is 0 Å². The summed E-state index contributed by atoms with van der Waals surface area (Å²) in [7, 11) is 0. The number of carbonyl (C=O) groups excluding carboxylic acids is 1. The van der Waals surface area contributed by atoms with Crippen LogP contribution in [-0.2, 0) is 0 Å². The number of hydrogen-bond donors (Lipinski definition) is 1. The third-order valence-corrected chi connectivity index (χ3v) is 6.09. The summed E-state index contributed by atoms with van der Waals surface area (Å²) in [6.07, 6.45) is 1.75. The van der Waals surface area contributed by atoms with E-state index in [-0.39, 0.29) is 5.91 Å². The van der Waals surface area contributed by atoms with Gasteiger partial charge in [-0.2, -0.15) is 0 Å². The van der Waals surface area contributed by atoms with Gasteiger partial charge in [-0.3, -0.25) is 4.79 Å². The summed E-state index contributed by atoms with van der Waals surface area (Å²) in [5.74, 6) is 2.64. The lowest BCUT2D eigenvalue weighted by atomic mass is 10.2. The smallest absolute Gasteiger partial charge is 0.276 e. The molecule has 4 aromatic heterocycles. The molecule has 5 rings (SSSR count). The fraction of sp³-hybridized carbons (Fsp3) is 0.227. The Bertz CT molecular complexity index is 1200. The standard InChI is InChI=1S/C22H21N7O2S/c1-15-6-7-23-20(13-15)24-19-4-5-21(26-25-19)28-8-10-29(11-9-28)22(30)16-14-17(31-27-16)18-3-2-12-32-18/h2-7,12-14H,8-11H2,1H3,(H,23,24,25). The van der Waals surface area contributed by atoms with Crippen molar-refractivity contribution in [3.05, 3.63) is 65.3 Å². The van der Waals surface area contributed by atoms with Gasteiger partial charge in [0.25, 0.3) is 5.91 Å². The molecule has 0 aromatic carbocycles. The highest BCUT2D eigenvalue weighted by Gasteiger charge is 2.25. The number of piperazine rings is 1. The first-order chi connectivity index (χ1) is 15.7. The van der Waals surface area contributed by atoms with E-state index in [4.69, 9.17) is 4.52 Å². The van der Waals surface area contributed by atoms with Crippen molar-refractivity contribution in [2.45, 2.75) is 6.92 Å². The van der Waals surface area contributed by atoms with Gasteiger partial charge in [0, 0.05) is 38.4 Å². The van der Waals surface area contributed by atoms with Crippen molar-refractivity contribution in [1.29, 1.82) is 0 Å². The maximum Gasteiger partial charge on any atom is 0.276 e. The number of nitrogens with zero attached hydrogens (tertiary/aromatic N) is 6. The summed E-state index contributed by atoms with van der Waals surface area (Å²) in [5.41, 5.74) is 1.45. The van der Waals surface area contributed by atoms with Crippen LogP contribution in [0.4, 0.5) is 17.5 Å². The number of aryl methyl sites for hydroxylation is 1. The van der Waals surface area contributed by atoms with Gasteiger partial charge >= 0.3 is 0 Å². The van der Waals surface area contributed by atoms with Gasteiger partial charge in [-0.15, -0.1) is 21.5 Å². The summed E-state index contributed by atoms with van der Waals surface area (Å²) in [6, 6.07) is 13.3. The molecule has 1 aliphatic rings. The van der Waals surface area contributed by atoms with Gasteiger partial charge < -0.3 is 19.6 Å². The predicted octanol–water partition coefficient (Wildman–Crippen LogP) is 3.60. The maximum absolute atomic E-state index is 12.8. The van der Waals surface area contributed by atoms with Crippen LogP contribution in [0, 0.1) is 6.92 Å². The average Bonchev–Trinajstić information content (AvgIpc) is 3.52. The van der Waals surface area contributed by atoms with Gasteiger partial charge in [-0.1, -0.05) is 11.2 Å². The Morgan fingerprint density at radius 2 is 1.94 bits per heavy atom. The zero-order valence-electron chi connectivity index (χ0n) is 17.4. The van der Waals surface area contributed by atoms with E-state index >= 15 is 0 Å². The molecule has 1 amide bonds. The number of pyridine rings is 1. The van der Waals surface area contributed by atoms with E-state index in [1.807, 2.05) is 48.7 Å². The number of aromatic nitrogens is 4. The Kier molecular flexibility index (Phi) is 5.51. The zero-order chi connectivity index (χ0) is 21.9. The third-order valence-electron chi connectivity index (χ3n) is 5.21. The van der Waals surface area contributed by atoms with Crippen LogP contribution in [0.5, 0.6) is 0 Å². The molecule has 1 N–H and O–H groups in total. The van der Waals surface area contributed by atoms with E-state index in [1.54, 1.807) is 28.5 Å². The van der Waals surface area contributed by atoms with Crippen molar-refractivity contribution < 1.29 is 9.32 Å². The van der Waals surface area contributed by atoms with Crippen molar-refractivity contribution >= 4 is 34.7 Å². The molecule has 162 valence electrons. The number of hydrogen-bond acceptors (Lipinski definition) is 9. The molecule has 10 heteroatoms. The second-order valence-electron chi connectivity index (χ2n) is 7.45. The van der Waals surface area contributed by atoms with Crippen LogP contribution in [0.2, 0.25) is 0 Å². The number of carbonyl (C=O) groups is 1. The van der Waals surface area contributed by atoms with Crippen LogP contribution in [-0.4, -0.2) is 57.3 Å². The normalized spacial score (nSPS) is 13.9. The first kappa shape index (κ1) is 20.1. The van der Waals surface area contributed by atoms with Gasteiger partial charge in [0.05, 0.1) is 4.88 Å². The Morgan fingerprint density at radius 1 is 1.06 bits per heavy atom. The molecule has 0 aliphatic carbocycles. The predicted molar refractivity (Wildman–Crippen MR) is 122 cm³/mol. The number of amides is 1. The summed E-state index contributed by atoms with van der Waals surface area (Å²) < 4.78 is 5.35. The molecule has 0 bridgehead atoms. The number of rotatable bonds is 5. The number of nitrogens with one attached hydrogen (secondary N) is 1. The van der Waals surface area contributed by atoms with Crippen molar-refractivity contribution in [2.75, 3.05) is 36.4 Å². The molecule has 4 aromatic rings. The first-order valence-corrected chi connectivity index (χ1v) is 11.1. The van der Waals surface area contributed by atoms with E-state index < -0.39 is 0 Å². The van der Waals surface area contributed by atoms with E-state index in [1.165, 1.54) is 0 Å². The average molecular weight is 448 g/mol.